The van der Waals surface area contributed by atoms with Crippen molar-refractivity contribution in [2.45, 2.75) is 32.4 Å². The summed E-state index contributed by atoms with van der Waals surface area (Å²) >= 11 is 5.90. The summed E-state index contributed by atoms with van der Waals surface area (Å²) in [5.74, 6) is -0.00465. The van der Waals surface area contributed by atoms with Gasteiger partial charge in [0, 0.05) is 35.8 Å². The molecule has 1 aromatic carbocycles. The molecular formula is C13H20ClN3O. The van der Waals surface area contributed by atoms with Crippen molar-refractivity contribution in [3.8, 4) is 0 Å². The Bertz CT molecular complexity index is 396. The third-order valence-corrected chi connectivity index (χ3v) is 2.60. The normalized spacial score (nSPS) is 12.3. The summed E-state index contributed by atoms with van der Waals surface area (Å²) in [4.78, 5) is 11.6. The zero-order chi connectivity index (χ0) is 13.5. The molecule has 1 rings (SSSR count). The number of carbonyl (C=O) groups excluding carboxylic acids is 1. The Hall–Kier alpha value is -1.26. The van der Waals surface area contributed by atoms with Crippen LogP contribution in [0.5, 0.6) is 0 Å². The first-order valence-corrected chi connectivity index (χ1v) is 6.40. The van der Waals surface area contributed by atoms with Crippen LogP contribution in [0.15, 0.2) is 24.3 Å². The molecule has 5 heteroatoms. The van der Waals surface area contributed by atoms with Gasteiger partial charge in [-0.2, -0.15) is 0 Å². The fraction of sp³-hybridized carbons (Fsp3) is 0.462. The predicted molar refractivity (Wildman–Crippen MR) is 75.8 cm³/mol. The molecule has 0 aliphatic rings. The van der Waals surface area contributed by atoms with Gasteiger partial charge < -0.3 is 16.4 Å². The second-order valence-electron chi connectivity index (χ2n) is 4.51. The van der Waals surface area contributed by atoms with Crippen LogP contribution in [0.4, 0.5) is 5.69 Å². The van der Waals surface area contributed by atoms with E-state index in [0.29, 0.717) is 18.0 Å². The van der Waals surface area contributed by atoms with E-state index in [1.54, 1.807) is 6.07 Å². The average Bonchev–Trinajstić information content (AvgIpc) is 2.27. The molecule has 4 N–H and O–H groups in total. The number of hydrogen-bond donors (Lipinski definition) is 3. The van der Waals surface area contributed by atoms with Crippen molar-refractivity contribution >= 4 is 23.2 Å². The molecule has 1 amide bonds. The molecule has 4 nitrogen and oxygen atoms in total. The number of halogens is 1. The Morgan fingerprint density at radius 2 is 2.17 bits per heavy atom. The van der Waals surface area contributed by atoms with Gasteiger partial charge >= 0.3 is 0 Å². The minimum atomic E-state index is -0.0952. The average molecular weight is 270 g/mol. The van der Waals surface area contributed by atoms with Gasteiger partial charge in [-0.25, -0.2) is 0 Å². The molecule has 0 aliphatic carbocycles. The van der Waals surface area contributed by atoms with E-state index in [1.807, 2.05) is 32.0 Å². The van der Waals surface area contributed by atoms with Crippen LogP contribution in [-0.4, -0.2) is 24.5 Å². The molecule has 0 aromatic heterocycles. The molecule has 0 saturated heterocycles. The van der Waals surface area contributed by atoms with Crippen molar-refractivity contribution in [1.29, 1.82) is 0 Å². The molecule has 100 valence electrons. The van der Waals surface area contributed by atoms with Gasteiger partial charge in [-0.3, -0.25) is 4.79 Å². The van der Waals surface area contributed by atoms with Gasteiger partial charge in [-0.05, 0) is 32.0 Å². The first kappa shape index (κ1) is 14.8. The van der Waals surface area contributed by atoms with Gasteiger partial charge in [0.25, 0.3) is 0 Å². The fourth-order valence-electron chi connectivity index (χ4n) is 1.61. The van der Waals surface area contributed by atoms with Crippen LogP contribution in [0.2, 0.25) is 5.02 Å². The van der Waals surface area contributed by atoms with Crippen molar-refractivity contribution < 1.29 is 4.79 Å². The van der Waals surface area contributed by atoms with Crippen molar-refractivity contribution in [2.75, 3.05) is 11.9 Å². The van der Waals surface area contributed by atoms with Crippen LogP contribution < -0.4 is 16.4 Å². The van der Waals surface area contributed by atoms with Crippen LogP contribution >= 0.6 is 11.6 Å². The number of hydrogen-bond acceptors (Lipinski definition) is 3. The van der Waals surface area contributed by atoms with Gasteiger partial charge in [0.2, 0.25) is 5.91 Å². The molecule has 1 aromatic rings. The van der Waals surface area contributed by atoms with Crippen molar-refractivity contribution in [1.82, 2.24) is 5.32 Å². The zero-order valence-electron chi connectivity index (χ0n) is 10.7. The lowest BCUT2D eigenvalue weighted by molar-refractivity contribution is -0.121. The number of nitrogens with one attached hydrogen (secondary N) is 2. The van der Waals surface area contributed by atoms with E-state index in [1.165, 1.54) is 0 Å². The monoisotopic (exact) mass is 269 g/mol. The minimum absolute atomic E-state index is 0.00465. The molecule has 1 atom stereocenters. The summed E-state index contributed by atoms with van der Waals surface area (Å²) < 4.78 is 0. The fourth-order valence-corrected chi connectivity index (χ4v) is 1.80. The second kappa shape index (κ2) is 7.24. The zero-order valence-corrected chi connectivity index (χ0v) is 11.5. The van der Waals surface area contributed by atoms with Crippen molar-refractivity contribution in [3.05, 3.63) is 29.3 Å². The van der Waals surface area contributed by atoms with E-state index in [2.05, 4.69) is 10.6 Å². The highest BCUT2D eigenvalue weighted by Crippen LogP contribution is 2.16. The van der Waals surface area contributed by atoms with Crippen LogP contribution in [-0.2, 0) is 4.79 Å². The molecule has 0 heterocycles. The van der Waals surface area contributed by atoms with E-state index in [0.717, 1.165) is 5.69 Å². The van der Waals surface area contributed by atoms with Crippen LogP contribution in [0.3, 0.4) is 0 Å². The highest BCUT2D eigenvalue weighted by Gasteiger charge is 2.12. The number of nitrogens with two attached hydrogens (primary N) is 1. The molecule has 0 spiro atoms. The molecule has 0 aliphatic heterocycles. The lowest BCUT2D eigenvalue weighted by atomic mass is 10.1. The van der Waals surface area contributed by atoms with Crippen LogP contribution in [0.1, 0.15) is 20.3 Å². The smallest absolute Gasteiger partial charge is 0.222 e. The van der Waals surface area contributed by atoms with E-state index >= 15 is 0 Å². The minimum Gasteiger partial charge on any atom is -0.380 e. The highest BCUT2D eigenvalue weighted by molar-refractivity contribution is 6.30. The summed E-state index contributed by atoms with van der Waals surface area (Å²) in [5, 5.41) is 6.70. The maximum absolute atomic E-state index is 11.6. The van der Waals surface area contributed by atoms with E-state index in [4.69, 9.17) is 17.3 Å². The number of rotatable bonds is 6. The first-order valence-electron chi connectivity index (χ1n) is 6.02. The number of amides is 1. The molecular weight excluding hydrogens is 250 g/mol. The topological polar surface area (TPSA) is 67.2 Å². The standard InChI is InChI=1S/C13H20ClN3O/c1-9(2)16-13(18)7-12(8-15)17-11-5-3-4-10(14)6-11/h3-6,9,12,17H,7-8,15H2,1-2H3,(H,16,18). The molecule has 0 radical (unpaired) electrons. The summed E-state index contributed by atoms with van der Waals surface area (Å²) in [7, 11) is 0. The number of carbonyl (C=O) groups is 1. The summed E-state index contributed by atoms with van der Waals surface area (Å²) in [5.41, 5.74) is 6.53. The molecule has 18 heavy (non-hydrogen) atoms. The van der Waals surface area contributed by atoms with Gasteiger partial charge in [-0.1, -0.05) is 17.7 Å². The predicted octanol–water partition coefficient (Wildman–Crippen LogP) is 1.99. The lowest BCUT2D eigenvalue weighted by Crippen LogP contribution is -2.38. The second-order valence-corrected chi connectivity index (χ2v) is 4.95. The maximum Gasteiger partial charge on any atom is 0.222 e. The molecule has 0 bridgehead atoms. The highest BCUT2D eigenvalue weighted by atomic mass is 35.5. The first-order chi connectivity index (χ1) is 8.51. The number of benzene rings is 1. The van der Waals surface area contributed by atoms with E-state index in [9.17, 15) is 4.79 Å². The summed E-state index contributed by atoms with van der Waals surface area (Å²) in [6, 6.07) is 7.41. The van der Waals surface area contributed by atoms with E-state index < -0.39 is 0 Å². The summed E-state index contributed by atoms with van der Waals surface area (Å²) in [6.07, 6.45) is 0.348. The quantitative estimate of drug-likeness (QED) is 0.740. The van der Waals surface area contributed by atoms with Gasteiger partial charge in [0.05, 0.1) is 0 Å². The lowest BCUT2D eigenvalue weighted by Gasteiger charge is -2.18. The Balaban J connectivity index is 2.54. The molecule has 0 saturated carbocycles. The molecule has 1 unspecified atom stereocenters. The Morgan fingerprint density at radius 3 is 2.72 bits per heavy atom. The van der Waals surface area contributed by atoms with Crippen molar-refractivity contribution in [2.24, 2.45) is 5.73 Å². The summed E-state index contributed by atoms with van der Waals surface area (Å²) in [6.45, 7) is 4.25. The third kappa shape index (κ3) is 5.38. The van der Waals surface area contributed by atoms with Gasteiger partial charge in [0.15, 0.2) is 0 Å². The largest absolute Gasteiger partial charge is 0.380 e. The Labute approximate surface area is 113 Å². The third-order valence-electron chi connectivity index (χ3n) is 2.36. The SMILES string of the molecule is CC(C)NC(=O)CC(CN)Nc1cccc(Cl)c1. The Kier molecular flexibility index (Phi) is 5.95. The Morgan fingerprint density at radius 1 is 1.44 bits per heavy atom. The maximum atomic E-state index is 11.6. The van der Waals surface area contributed by atoms with E-state index in [-0.39, 0.29) is 18.0 Å². The van der Waals surface area contributed by atoms with Crippen LogP contribution in [0.25, 0.3) is 0 Å². The van der Waals surface area contributed by atoms with Crippen LogP contribution in [0, 0.1) is 0 Å². The van der Waals surface area contributed by atoms with Gasteiger partial charge in [-0.15, -0.1) is 0 Å². The van der Waals surface area contributed by atoms with Gasteiger partial charge in [0.1, 0.15) is 0 Å². The molecule has 0 fully saturated rings. The number of anilines is 1. The van der Waals surface area contributed by atoms with Crippen molar-refractivity contribution in [3.63, 3.8) is 0 Å².